The van der Waals surface area contributed by atoms with Crippen LogP contribution in [0.4, 0.5) is 8.78 Å². The quantitative estimate of drug-likeness (QED) is 0.233. The number of fused-ring (bicyclic) bond motifs is 1. The Labute approximate surface area is 248 Å². The van der Waals surface area contributed by atoms with E-state index in [1.165, 1.54) is 6.07 Å². The molecule has 0 spiro atoms. The highest BCUT2D eigenvalue weighted by Crippen LogP contribution is 2.35. The second-order valence-corrected chi connectivity index (χ2v) is 10.6. The second-order valence-electron chi connectivity index (χ2n) is 10.2. The van der Waals surface area contributed by atoms with Crippen LogP contribution in [0.1, 0.15) is 44.7 Å². The fourth-order valence-corrected chi connectivity index (χ4v) is 5.26. The van der Waals surface area contributed by atoms with Gasteiger partial charge in [-0.1, -0.05) is 35.9 Å². The summed E-state index contributed by atoms with van der Waals surface area (Å²) in [5.74, 6) is -6.18. The third-order valence-corrected chi connectivity index (χ3v) is 7.57. The molecule has 0 radical (unpaired) electrons. The minimum Gasteiger partial charge on any atom is -0.480 e. The van der Waals surface area contributed by atoms with Gasteiger partial charge in [-0.3, -0.25) is 14.6 Å². The molecule has 0 aliphatic heterocycles. The number of nitrogens with one attached hydrogen (secondary N) is 2. The average molecular weight is 605 g/mol. The van der Waals surface area contributed by atoms with Crippen molar-refractivity contribution >= 4 is 40.3 Å². The molecule has 0 saturated heterocycles. The Hall–Kier alpha value is -4.92. The molecule has 4 N–H and O–H groups in total. The molecule has 1 aliphatic carbocycles. The lowest BCUT2D eigenvalue weighted by Crippen LogP contribution is -2.46. The number of benzene rings is 3. The summed E-state index contributed by atoms with van der Waals surface area (Å²) in [5.41, 5.74) is 1.20. The SMILES string of the molecule is N#Cc1ccc(-c2ccc(C[C@H](NC(=O)c3c(F)cc(C(=O)N[C@H]4C[C@@H](O)C4)cc3F)C(=O)O)c3cccnc23)c(Cl)c1. The molecule has 0 bridgehead atoms. The monoisotopic (exact) mass is 604 g/mol. The summed E-state index contributed by atoms with van der Waals surface area (Å²) in [5, 5.41) is 34.0. The van der Waals surface area contributed by atoms with Gasteiger partial charge in [0, 0.05) is 45.8 Å². The van der Waals surface area contributed by atoms with E-state index in [4.69, 9.17) is 16.9 Å². The second kappa shape index (κ2) is 12.1. The summed E-state index contributed by atoms with van der Waals surface area (Å²) in [6, 6.07) is 13.0. The van der Waals surface area contributed by atoms with E-state index in [2.05, 4.69) is 15.6 Å². The summed E-state index contributed by atoms with van der Waals surface area (Å²) in [4.78, 5) is 41.8. The first kappa shape index (κ1) is 29.6. The lowest BCUT2D eigenvalue weighted by Gasteiger charge is -2.31. The van der Waals surface area contributed by atoms with E-state index in [-0.39, 0.29) is 18.0 Å². The van der Waals surface area contributed by atoms with Crippen molar-refractivity contribution in [2.24, 2.45) is 0 Å². The van der Waals surface area contributed by atoms with Crippen LogP contribution in [0.15, 0.2) is 60.8 Å². The van der Waals surface area contributed by atoms with E-state index >= 15 is 0 Å². The molecule has 1 heterocycles. The number of nitrogens with zero attached hydrogens (tertiary/aromatic N) is 2. The molecule has 1 aliphatic rings. The zero-order valence-corrected chi connectivity index (χ0v) is 23.0. The van der Waals surface area contributed by atoms with E-state index in [9.17, 15) is 33.4 Å². The van der Waals surface area contributed by atoms with Crippen molar-refractivity contribution in [1.29, 1.82) is 5.26 Å². The molecule has 1 aromatic heterocycles. The smallest absolute Gasteiger partial charge is 0.326 e. The molecule has 1 atom stereocenters. The van der Waals surface area contributed by atoms with Gasteiger partial charge in [0.25, 0.3) is 11.8 Å². The highest BCUT2D eigenvalue weighted by Gasteiger charge is 2.30. The maximum atomic E-state index is 14.9. The third-order valence-electron chi connectivity index (χ3n) is 7.26. The Morgan fingerprint density at radius 2 is 1.74 bits per heavy atom. The zero-order chi connectivity index (χ0) is 30.8. The Kier molecular flexibility index (Phi) is 8.34. The number of rotatable bonds is 8. The predicted octanol–water partition coefficient (Wildman–Crippen LogP) is 4.38. The van der Waals surface area contributed by atoms with Gasteiger partial charge in [0.1, 0.15) is 23.2 Å². The van der Waals surface area contributed by atoms with Crippen LogP contribution in [-0.2, 0) is 11.2 Å². The minimum absolute atomic E-state index is 0.248. The molecular formula is C31H23ClF2N4O5. The molecule has 4 aromatic rings. The van der Waals surface area contributed by atoms with Crippen LogP contribution in [-0.4, -0.2) is 51.2 Å². The fraction of sp³-hybridized carbons (Fsp3) is 0.194. The van der Waals surface area contributed by atoms with Crippen LogP contribution < -0.4 is 10.6 Å². The molecule has 3 aromatic carbocycles. The summed E-state index contributed by atoms with van der Waals surface area (Å²) in [6.07, 6.45) is 1.41. The summed E-state index contributed by atoms with van der Waals surface area (Å²) >= 11 is 6.42. The van der Waals surface area contributed by atoms with E-state index in [0.29, 0.717) is 63.2 Å². The van der Waals surface area contributed by atoms with Crippen LogP contribution in [0.5, 0.6) is 0 Å². The molecule has 5 rings (SSSR count). The van der Waals surface area contributed by atoms with Gasteiger partial charge in [0.15, 0.2) is 0 Å². The number of pyridine rings is 1. The molecule has 2 amide bonds. The number of aliphatic carboxylic acids is 1. The number of hydrogen-bond donors (Lipinski definition) is 4. The largest absolute Gasteiger partial charge is 0.480 e. The number of nitriles is 1. The Morgan fingerprint density at radius 1 is 1.05 bits per heavy atom. The van der Waals surface area contributed by atoms with Crippen LogP contribution in [0, 0.1) is 23.0 Å². The normalized spacial score (nSPS) is 16.5. The lowest BCUT2D eigenvalue weighted by atomic mass is 9.89. The molecule has 1 saturated carbocycles. The number of carboxylic acids is 1. The first-order valence-corrected chi connectivity index (χ1v) is 13.5. The predicted molar refractivity (Wildman–Crippen MR) is 152 cm³/mol. The van der Waals surface area contributed by atoms with Gasteiger partial charge in [-0.05, 0) is 48.7 Å². The van der Waals surface area contributed by atoms with Crippen molar-refractivity contribution in [3.63, 3.8) is 0 Å². The molecule has 1 fully saturated rings. The number of aromatic nitrogens is 1. The van der Waals surface area contributed by atoms with Crippen LogP contribution >= 0.6 is 11.6 Å². The molecule has 12 heteroatoms. The number of carbonyl (C=O) groups excluding carboxylic acids is 2. The number of carbonyl (C=O) groups is 3. The van der Waals surface area contributed by atoms with Gasteiger partial charge in [0.05, 0.1) is 23.3 Å². The zero-order valence-electron chi connectivity index (χ0n) is 22.3. The van der Waals surface area contributed by atoms with Gasteiger partial charge in [-0.15, -0.1) is 0 Å². The minimum atomic E-state index is -1.58. The molecule has 9 nitrogen and oxygen atoms in total. The highest BCUT2D eigenvalue weighted by molar-refractivity contribution is 6.33. The Morgan fingerprint density at radius 3 is 2.37 bits per heavy atom. The number of aliphatic hydroxyl groups is 1. The molecular weight excluding hydrogens is 582 g/mol. The third kappa shape index (κ3) is 6.16. The van der Waals surface area contributed by atoms with Gasteiger partial charge in [-0.2, -0.15) is 5.26 Å². The van der Waals surface area contributed by atoms with E-state index < -0.39 is 47.1 Å². The van der Waals surface area contributed by atoms with Gasteiger partial charge < -0.3 is 20.8 Å². The van der Waals surface area contributed by atoms with E-state index in [0.717, 1.165) is 0 Å². The Balaban J connectivity index is 1.39. The number of amides is 2. The number of halogens is 3. The average Bonchev–Trinajstić information content (AvgIpc) is 2.95. The summed E-state index contributed by atoms with van der Waals surface area (Å²) in [6.45, 7) is 0. The summed E-state index contributed by atoms with van der Waals surface area (Å²) in [7, 11) is 0. The maximum absolute atomic E-state index is 14.9. The number of aliphatic hydroxyl groups excluding tert-OH is 1. The maximum Gasteiger partial charge on any atom is 0.326 e. The van der Waals surface area contributed by atoms with Crippen molar-refractivity contribution in [3.05, 3.63) is 99.7 Å². The number of hydrogen-bond acceptors (Lipinski definition) is 6. The van der Waals surface area contributed by atoms with Crippen molar-refractivity contribution in [1.82, 2.24) is 15.6 Å². The first-order valence-electron chi connectivity index (χ1n) is 13.1. The number of carboxylic acid groups (broad SMARTS) is 1. The van der Waals surface area contributed by atoms with E-state index in [1.807, 2.05) is 6.07 Å². The van der Waals surface area contributed by atoms with Crippen molar-refractivity contribution in [3.8, 4) is 17.2 Å². The highest BCUT2D eigenvalue weighted by atomic mass is 35.5. The summed E-state index contributed by atoms with van der Waals surface area (Å²) < 4.78 is 29.8. The van der Waals surface area contributed by atoms with Crippen LogP contribution in [0.3, 0.4) is 0 Å². The Bertz CT molecular complexity index is 1800. The molecule has 218 valence electrons. The fourth-order valence-electron chi connectivity index (χ4n) is 4.98. The van der Waals surface area contributed by atoms with Gasteiger partial charge >= 0.3 is 5.97 Å². The van der Waals surface area contributed by atoms with Crippen LogP contribution in [0.2, 0.25) is 5.02 Å². The van der Waals surface area contributed by atoms with Gasteiger partial charge in [-0.25, -0.2) is 13.6 Å². The van der Waals surface area contributed by atoms with Crippen molar-refractivity contribution in [2.75, 3.05) is 0 Å². The van der Waals surface area contributed by atoms with Crippen LogP contribution in [0.25, 0.3) is 22.0 Å². The standard InChI is InChI=1S/C31H23ClF2N4O5/c32-23-8-15(14-35)3-5-21(23)22-6-4-16(20-2-1-7-36-28(20)22)11-26(31(42)43)38-30(41)27-24(33)9-17(10-25(27)34)29(40)37-18-12-19(39)13-18/h1-10,18-19,26,39H,11-13H2,(H,37,40)(H,38,41)(H,42,43)/t18-,19+,26-/m0/s1. The topological polar surface area (TPSA) is 152 Å². The molecule has 43 heavy (non-hydrogen) atoms. The van der Waals surface area contributed by atoms with Crippen molar-refractivity contribution < 1.29 is 33.4 Å². The first-order chi connectivity index (χ1) is 20.5. The molecule has 0 unspecified atom stereocenters. The van der Waals surface area contributed by atoms with Gasteiger partial charge in [0.2, 0.25) is 0 Å². The van der Waals surface area contributed by atoms with Crippen molar-refractivity contribution in [2.45, 2.75) is 37.5 Å². The van der Waals surface area contributed by atoms with E-state index in [1.54, 1.807) is 42.6 Å². The lowest BCUT2D eigenvalue weighted by molar-refractivity contribution is -0.139.